The van der Waals surface area contributed by atoms with Crippen LogP contribution in [0.3, 0.4) is 0 Å². The maximum atomic E-state index is 4.91. The molecular formula is C23H25N3S. The van der Waals surface area contributed by atoms with Crippen molar-refractivity contribution in [2.24, 2.45) is 0 Å². The van der Waals surface area contributed by atoms with Crippen molar-refractivity contribution in [3.63, 3.8) is 0 Å². The Morgan fingerprint density at radius 1 is 0.667 bits per heavy atom. The van der Waals surface area contributed by atoms with E-state index < -0.39 is 0 Å². The molecule has 2 aromatic heterocycles. The van der Waals surface area contributed by atoms with Gasteiger partial charge in [0.1, 0.15) is 11.6 Å². The van der Waals surface area contributed by atoms with Crippen molar-refractivity contribution in [3.8, 4) is 11.4 Å². The topological polar surface area (TPSA) is 38.7 Å². The van der Waals surface area contributed by atoms with Gasteiger partial charge < -0.3 is 0 Å². The Bertz CT molecular complexity index is 1110. The minimum atomic E-state index is -0.137. The normalized spacial score (nSPS) is 12.8. The van der Waals surface area contributed by atoms with Gasteiger partial charge in [-0.1, -0.05) is 71.9 Å². The average molecular weight is 376 g/mol. The van der Waals surface area contributed by atoms with Gasteiger partial charge in [-0.2, -0.15) is 0 Å². The Labute approximate surface area is 164 Å². The molecule has 0 unspecified atom stereocenters. The molecule has 3 nitrogen and oxygen atoms in total. The quantitative estimate of drug-likeness (QED) is 0.381. The lowest BCUT2D eigenvalue weighted by Crippen LogP contribution is -2.24. The molecule has 0 fully saturated rings. The van der Waals surface area contributed by atoms with Crippen molar-refractivity contribution >= 4 is 31.5 Å². The van der Waals surface area contributed by atoms with Gasteiger partial charge in [-0.05, 0) is 12.1 Å². The number of fused-ring (bicyclic) bond motifs is 3. The number of thiophene rings is 1. The maximum Gasteiger partial charge on any atom is 0.164 e. The molecular weight excluding hydrogens is 350 g/mol. The predicted octanol–water partition coefficient (Wildman–Crippen LogP) is 6.50. The Morgan fingerprint density at radius 3 is 1.89 bits per heavy atom. The van der Waals surface area contributed by atoms with Gasteiger partial charge in [-0.3, -0.25) is 0 Å². The van der Waals surface area contributed by atoms with Crippen LogP contribution in [0, 0.1) is 0 Å². The van der Waals surface area contributed by atoms with Crippen molar-refractivity contribution in [2.75, 3.05) is 0 Å². The van der Waals surface area contributed by atoms with E-state index in [1.807, 2.05) is 11.3 Å². The average Bonchev–Trinajstić information content (AvgIpc) is 2.98. The first-order chi connectivity index (χ1) is 12.6. The molecule has 0 aliphatic heterocycles. The van der Waals surface area contributed by atoms with Crippen molar-refractivity contribution in [1.82, 2.24) is 15.0 Å². The van der Waals surface area contributed by atoms with Gasteiger partial charge in [0.2, 0.25) is 0 Å². The summed E-state index contributed by atoms with van der Waals surface area (Å²) in [5.74, 6) is 2.46. The largest absolute Gasteiger partial charge is 0.217 e. The van der Waals surface area contributed by atoms with Gasteiger partial charge in [-0.15, -0.1) is 11.3 Å². The van der Waals surface area contributed by atoms with Crippen LogP contribution in [0.15, 0.2) is 42.5 Å². The molecule has 0 radical (unpaired) electrons. The summed E-state index contributed by atoms with van der Waals surface area (Å²) >= 11 is 1.82. The summed E-state index contributed by atoms with van der Waals surface area (Å²) in [7, 11) is 0. The highest BCUT2D eigenvalue weighted by atomic mass is 32.1. The minimum Gasteiger partial charge on any atom is -0.217 e. The highest BCUT2D eigenvalue weighted by Crippen LogP contribution is 2.39. The van der Waals surface area contributed by atoms with Crippen molar-refractivity contribution in [3.05, 3.63) is 54.1 Å². The molecule has 138 valence electrons. The van der Waals surface area contributed by atoms with Crippen LogP contribution in [0.5, 0.6) is 0 Å². The second-order valence-electron chi connectivity index (χ2n) is 9.08. The summed E-state index contributed by atoms with van der Waals surface area (Å²) in [6.07, 6.45) is 0. The molecule has 4 rings (SSSR count). The van der Waals surface area contributed by atoms with E-state index in [9.17, 15) is 0 Å². The molecule has 0 saturated heterocycles. The van der Waals surface area contributed by atoms with E-state index in [-0.39, 0.29) is 10.8 Å². The minimum absolute atomic E-state index is 0.137. The predicted molar refractivity (Wildman–Crippen MR) is 116 cm³/mol. The van der Waals surface area contributed by atoms with E-state index in [1.165, 1.54) is 20.2 Å². The molecule has 0 saturated carbocycles. The summed E-state index contributed by atoms with van der Waals surface area (Å²) in [6.45, 7) is 12.9. The van der Waals surface area contributed by atoms with Gasteiger partial charge in [-0.25, -0.2) is 15.0 Å². The first kappa shape index (κ1) is 18.1. The van der Waals surface area contributed by atoms with Gasteiger partial charge in [0.05, 0.1) is 0 Å². The van der Waals surface area contributed by atoms with E-state index in [2.05, 4.69) is 84.0 Å². The van der Waals surface area contributed by atoms with Crippen LogP contribution in [0.4, 0.5) is 0 Å². The molecule has 0 aliphatic carbocycles. The van der Waals surface area contributed by atoms with E-state index in [1.54, 1.807) is 0 Å². The lowest BCUT2D eigenvalue weighted by molar-refractivity contribution is 0.497. The molecule has 2 aromatic carbocycles. The van der Waals surface area contributed by atoms with E-state index in [0.717, 1.165) is 23.0 Å². The standard InChI is InChI=1S/C23H25N3S/c1-22(2,3)20-24-19(25-21(26-20)23(4,5)6)15-11-9-13-17-18(15)14-10-7-8-12-16(14)27-17/h7-13H,1-6H3. The molecule has 0 N–H and O–H groups in total. The third-order valence-electron chi connectivity index (χ3n) is 4.62. The summed E-state index contributed by atoms with van der Waals surface area (Å²) in [4.78, 5) is 14.6. The summed E-state index contributed by atoms with van der Waals surface area (Å²) in [5, 5.41) is 2.51. The van der Waals surface area contributed by atoms with Crippen LogP contribution in [0.2, 0.25) is 0 Å². The van der Waals surface area contributed by atoms with Crippen LogP contribution in [0.1, 0.15) is 53.2 Å². The monoisotopic (exact) mass is 375 g/mol. The number of benzene rings is 2. The maximum absolute atomic E-state index is 4.91. The molecule has 2 heterocycles. The third-order valence-corrected chi connectivity index (χ3v) is 5.76. The summed E-state index contributed by atoms with van der Waals surface area (Å²) in [6, 6.07) is 15.0. The lowest BCUT2D eigenvalue weighted by atomic mass is 9.92. The van der Waals surface area contributed by atoms with Gasteiger partial charge in [0, 0.05) is 36.6 Å². The van der Waals surface area contributed by atoms with Gasteiger partial charge in [0.15, 0.2) is 5.82 Å². The van der Waals surface area contributed by atoms with E-state index >= 15 is 0 Å². The smallest absolute Gasteiger partial charge is 0.164 e. The van der Waals surface area contributed by atoms with Crippen molar-refractivity contribution < 1.29 is 0 Å². The zero-order chi connectivity index (χ0) is 19.4. The fraction of sp³-hybridized carbons (Fsp3) is 0.348. The zero-order valence-electron chi connectivity index (χ0n) is 16.8. The number of hydrogen-bond donors (Lipinski definition) is 0. The van der Waals surface area contributed by atoms with Crippen molar-refractivity contribution in [1.29, 1.82) is 0 Å². The van der Waals surface area contributed by atoms with Crippen LogP contribution < -0.4 is 0 Å². The number of hydrogen-bond acceptors (Lipinski definition) is 4. The van der Waals surface area contributed by atoms with Crippen LogP contribution in [-0.2, 0) is 10.8 Å². The second-order valence-corrected chi connectivity index (χ2v) is 10.2. The molecule has 0 aliphatic rings. The number of rotatable bonds is 1. The number of nitrogens with zero attached hydrogens (tertiary/aromatic N) is 3. The Morgan fingerprint density at radius 2 is 1.26 bits per heavy atom. The van der Waals surface area contributed by atoms with E-state index in [4.69, 9.17) is 15.0 Å². The zero-order valence-corrected chi connectivity index (χ0v) is 17.6. The SMILES string of the molecule is CC(C)(C)c1nc(-c2cccc3sc4ccccc4c23)nc(C(C)(C)C)n1. The highest BCUT2D eigenvalue weighted by Gasteiger charge is 2.26. The van der Waals surface area contributed by atoms with Crippen molar-refractivity contribution in [2.45, 2.75) is 52.4 Å². The van der Waals surface area contributed by atoms with Gasteiger partial charge in [0.25, 0.3) is 0 Å². The fourth-order valence-corrected chi connectivity index (χ4v) is 4.26. The first-order valence-corrected chi connectivity index (χ1v) is 10.1. The van der Waals surface area contributed by atoms with E-state index in [0.29, 0.717) is 0 Å². The lowest BCUT2D eigenvalue weighted by Gasteiger charge is -2.22. The molecule has 0 amide bonds. The van der Waals surface area contributed by atoms with Crippen LogP contribution in [-0.4, -0.2) is 15.0 Å². The molecule has 0 bridgehead atoms. The molecule has 27 heavy (non-hydrogen) atoms. The van der Waals surface area contributed by atoms with Crippen LogP contribution >= 0.6 is 11.3 Å². The first-order valence-electron chi connectivity index (χ1n) is 9.32. The van der Waals surface area contributed by atoms with Gasteiger partial charge >= 0.3 is 0 Å². The highest BCUT2D eigenvalue weighted by molar-refractivity contribution is 7.25. The second kappa shape index (κ2) is 6.10. The van der Waals surface area contributed by atoms with Crippen LogP contribution in [0.25, 0.3) is 31.6 Å². The number of aromatic nitrogens is 3. The molecule has 0 atom stereocenters. The summed E-state index contributed by atoms with van der Waals surface area (Å²) < 4.78 is 2.56. The Hall–Kier alpha value is -2.33. The Balaban J connectivity index is 2.06. The Kier molecular flexibility index (Phi) is 4.08. The molecule has 4 heteroatoms. The summed E-state index contributed by atoms with van der Waals surface area (Å²) in [5.41, 5.74) is 0.813. The molecule has 0 spiro atoms. The molecule has 4 aromatic rings. The third kappa shape index (κ3) is 3.23. The fourth-order valence-electron chi connectivity index (χ4n) is 3.13.